The highest BCUT2D eigenvalue weighted by atomic mass is 28.4. The first-order chi connectivity index (χ1) is 23.0. The van der Waals surface area contributed by atoms with Crippen molar-refractivity contribution in [3.63, 3.8) is 0 Å². The van der Waals surface area contributed by atoms with Gasteiger partial charge in [0.25, 0.3) is 0 Å². The Morgan fingerprint density at radius 1 is 0.680 bits per heavy atom. The maximum atomic E-state index is 15.0. The van der Waals surface area contributed by atoms with Crippen LogP contribution in [0.15, 0.2) is 66.7 Å². The summed E-state index contributed by atoms with van der Waals surface area (Å²) in [4.78, 5) is 31.3. The quantitative estimate of drug-likeness (QED) is 0.185. The molecule has 1 aliphatic heterocycles. The summed E-state index contributed by atoms with van der Waals surface area (Å²) >= 11 is 0. The first-order valence-corrected chi connectivity index (χ1v) is 23.7. The van der Waals surface area contributed by atoms with Crippen LogP contribution in [0.25, 0.3) is 11.1 Å². The maximum Gasteiger partial charge on any atom is 0.240 e. The highest BCUT2D eigenvalue weighted by Gasteiger charge is 2.62. The van der Waals surface area contributed by atoms with Gasteiger partial charge >= 0.3 is 0 Å². The van der Waals surface area contributed by atoms with E-state index >= 15 is 0 Å². The number of ether oxygens (including phenoxy) is 1. The van der Waals surface area contributed by atoms with Crippen LogP contribution in [0, 0.1) is 11.8 Å². The minimum atomic E-state index is -2.54. The second kappa shape index (κ2) is 13.1. The van der Waals surface area contributed by atoms with Crippen molar-refractivity contribution >= 4 is 39.8 Å². The normalized spacial score (nSPS) is 21.6. The van der Waals surface area contributed by atoms with Gasteiger partial charge in [-0.1, -0.05) is 90.1 Å². The SMILES string of the molecule is COc1c(NC(C)(C)C)c(-c2ccccc2)cc2c1[C@H](O[Si](C)(C)C(C)(C)C)[C@@H]1C(=O)N(c3ccccc3)C(=O)[C@@H]1[C@H]2O[Si](C)(C)C(C)(C)C. The van der Waals surface area contributed by atoms with Crippen molar-refractivity contribution in [1.82, 2.24) is 0 Å². The Morgan fingerprint density at radius 2 is 1.14 bits per heavy atom. The van der Waals surface area contributed by atoms with E-state index in [1.54, 1.807) is 7.11 Å². The Morgan fingerprint density at radius 3 is 1.60 bits per heavy atom. The van der Waals surface area contributed by atoms with Crippen molar-refractivity contribution in [3.05, 3.63) is 77.9 Å². The molecule has 0 bridgehead atoms. The molecule has 1 saturated heterocycles. The topological polar surface area (TPSA) is 77.1 Å². The molecule has 0 spiro atoms. The lowest BCUT2D eigenvalue weighted by Gasteiger charge is -2.48. The summed E-state index contributed by atoms with van der Waals surface area (Å²) in [5, 5.41) is 3.46. The van der Waals surface area contributed by atoms with Crippen LogP contribution in [0.2, 0.25) is 36.3 Å². The van der Waals surface area contributed by atoms with Gasteiger partial charge in [-0.05, 0) is 86.4 Å². The molecule has 1 aliphatic carbocycles. The van der Waals surface area contributed by atoms with Gasteiger partial charge in [0.05, 0.1) is 42.5 Å². The fourth-order valence-corrected chi connectivity index (χ4v) is 9.11. The van der Waals surface area contributed by atoms with E-state index in [-0.39, 0.29) is 27.4 Å². The Kier molecular flexibility index (Phi) is 9.93. The molecule has 7 nitrogen and oxygen atoms in total. The number of imide groups is 1. The molecular formula is C41H58N2O5Si2. The van der Waals surface area contributed by atoms with E-state index < -0.39 is 40.7 Å². The van der Waals surface area contributed by atoms with Crippen LogP contribution < -0.4 is 15.0 Å². The summed E-state index contributed by atoms with van der Waals surface area (Å²) in [5.74, 6) is -1.47. The van der Waals surface area contributed by atoms with Crippen molar-refractivity contribution in [2.24, 2.45) is 11.8 Å². The largest absolute Gasteiger partial charge is 0.494 e. The highest BCUT2D eigenvalue weighted by molar-refractivity contribution is 6.74. The molecule has 3 aromatic carbocycles. The molecule has 50 heavy (non-hydrogen) atoms. The second-order valence-electron chi connectivity index (χ2n) is 18.1. The van der Waals surface area contributed by atoms with Crippen molar-refractivity contribution in [2.75, 3.05) is 17.3 Å². The molecule has 270 valence electrons. The minimum Gasteiger partial charge on any atom is -0.494 e. The molecule has 0 radical (unpaired) electrons. The third-order valence-corrected chi connectivity index (χ3v) is 20.2. The molecule has 1 fully saturated rings. The number of fused-ring (bicyclic) bond motifs is 2. The molecule has 0 unspecified atom stereocenters. The van der Waals surface area contributed by atoms with E-state index in [0.29, 0.717) is 11.4 Å². The number of rotatable bonds is 8. The van der Waals surface area contributed by atoms with Crippen LogP contribution in [-0.2, 0) is 18.4 Å². The highest BCUT2D eigenvalue weighted by Crippen LogP contribution is 2.60. The fourth-order valence-electron chi connectivity index (χ4n) is 6.59. The predicted molar refractivity (Wildman–Crippen MR) is 210 cm³/mol. The number of hydrogen-bond acceptors (Lipinski definition) is 6. The van der Waals surface area contributed by atoms with Crippen LogP contribution >= 0.6 is 0 Å². The minimum absolute atomic E-state index is 0.151. The van der Waals surface area contributed by atoms with E-state index in [9.17, 15) is 9.59 Å². The lowest BCUT2D eigenvalue weighted by molar-refractivity contribution is -0.129. The number of nitrogens with one attached hydrogen (secondary N) is 1. The number of methoxy groups -OCH3 is 1. The van der Waals surface area contributed by atoms with Gasteiger partial charge < -0.3 is 18.9 Å². The smallest absolute Gasteiger partial charge is 0.240 e. The molecule has 1 N–H and O–H groups in total. The molecule has 3 aromatic rings. The number of benzene rings is 3. The second-order valence-corrected chi connectivity index (χ2v) is 27.6. The molecular weight excluding hydrogens is 657 g/mol. The van der Waals surface area contributed by atoms with Gasteiger partial charge in [0.2, 0.25) is 11.8 Å². The number of carbonyl (C=O) groups excluding carboxylic acids is 2. The van der Waals surface area contributed by atoms with Gasteiger partial charge in [-0.3, -0.25) is 9.59 Å². The van der Waals surface area contributed by atoms with Crippen molar-refractivity contribution < 1.29 is 23.2 Å². The lowest BCUT2D eigenvalue weighted by Crippen LogP contribution is -2.49. The van der Waals surface area contributed by atoms with Crippen LogP contribution in [0.4, 0.5) is 11.4 Å². The Hall–Kier alpha value is -3.25. The summed E-state index contributed by atoms with van der Waals surface area (Å²) < 4.78 is 21.2. The van der Waals surface area contributed by atoms with E-state index in [1.807, 2.05) is 48.5 Å². The Labute approximate surface area is 302 Å². The molecule has 9 heteroatoms. The first-order valence-electron chi connectivity index (χ1n) is 17.9. The van der Waals surface area contributed by atoms with Gasteiger partial charge in [0.1, 0.15) is 5.75 Å². The predicted octanol–water partition coefficient (Wildman–Crippen LogP) is 10.5. The average molecular weight is 715 g/mol. The van der Waals surface area contributed by atoms with Crippen LogP contribution in [-0.4, -0.2) is 41.1 Å². The van der Waals surface area contributed by atoms with Gasteiger partial charge in [-0.15, -0.1) is 0 Å². The zero-order valence-electron chi connectivity index (χ0n) is 32.6. The van der Waals surface area contributed by atoms with Gasteiger partial charge in [-0.2, -0.15) is 0 Å². The summed E-state index contributed by atoms with van der Waals surface area (Å²) in [6, 6.07) is 21.7. The molecule has 0 saturated carbocycles. The van der Waals surface area contributed by atoms with Crippen LogP contribution in [0.1, 0.15) is 85.6 Å². The average Bonchev–Trinajstić information content (AvgIpc) is 3.26. The number of hydrogen-bond donors (Lipinski definition) is 1. The number of amides is 2. The Balaban J connectivity index is 1.91. The van der Waals surface area contributed by atoms with E-state index in [1.165, 1.54) is 4.90 Å². The molecule has 1 heterocycles. The van der Waals surface area contributed by atoms with Gasteiger partial charge in [0.15, 0.2) is 16.6 Å². The number of carbonyl (C=O) groups is 2. The van der Waals surface area contributed by atoms with Crippen molar-refractivity contribution in [2.45, 2.75) is 116 Å². The van der Waals surface area contributed by atoms with Crippen LogP contribution in [0.3, 0.4) is 0 Å². The maximum absolute atomic E-state index is 15.0. The summed E-state index contributed by atoms with van der Waals surface area (Å²) in [6.07, 6.45) is -1.43. The van der Waals surface area contributed by atoms with Crippen molar-refractivity contribution in [1.29, 1.82) is 0 Å². The van der Waals surface area contributed by atoms with E-state index in [4.69, 9.17) is 13.6 Å². The van der Waals surface area contributed by atoms with Crippen molar-refractivity contribution in [3.8, 4) is 16.9 Å². The van der Waals surface area contributed by atoms with Crippen LogP contribution in [0.5, 0.6) is 5.75 Å². The fraction of sp³-hybridized carbons (Fsp3) is 0.512. The Bertz CT molecular complexity index is 1740. The summed E-state index contributed by atoms with van der Waals surface area (Å²) in [5.41, 5.74) is 4.67. The number of anilines is 2. The molecule has 5 rings (SSSR count). The standard InChI is InChI=1S/C41H58N2O5Si2/c1-39(2,3)42-33-28(26-21-17-15-18-22-26)25-29-30(36(33)46-10)35(48-50(13,14)41(7,8)9)32-31(34(29)47-49(11,12)40(4,5)6)37(44)43(38(32)45)27-23-19-16-20-24-27/h15-25,31-32,34-35,42H,1-14H3/t31-,32+,34-,35-/m0/s1. The zero-order chi connectivity index (χ0) is 37.2. The van der Waals surface area contributed by atoms with E-state index in [2.05, 4.69) is 112 Å². The third kappa shape index (κ3) is 6.86. The first kappa shape index (κ1) is 38.0. The molecule has 2 amide bonds. The van der Waals surface area contributed by atoms with Gasteiger partial charge in [0, 0.05) is 16.7 Å². The summed E-state index contributed by atoms with van der Waals surface area (Å²) in [7, 11) is -3.37. The molecule has 4 atom stereocenters. The number of para-hydroxylation sites is 1. The van der Waals surface area contributed by atoms with Gasteiger partial charge in [-0.25, -0.2) is 4.90 Å². The molecule has 0 aromatic heterocycles. The van der Waals surface area contributed by atoms with E-state index in [0.717, 1.165) is 27.9 Å². The lowest BCUT2D eigenvalue weighted by atomic mass is 9.72. The monoisotopic (exact) mass is 714 g/mol. The molecule has 2 aliphatic rings. The zero-order valence-corrected chi connectivity index (χ0v) is 34.6. The third-order valence-electron chi connectivity index (χ3n) is 11.3. The number of nitrogens with zero attached hydrogens (tertiary/aromatic N) is 1. The summed E-state index contributed by atoms with van der Waals surface area (Å²) in [6.45, 7) is 28.4.